The van der Waals surface area contributed by atoms with Gasteiger partial charge in [0.15, 0.2) is 11.5 Å². The molecule has 0 bridgehead atoms. The normalized spacial score (nSPS) is 12.0. The Morgan fingerprint density at radius 2 is 1.86 bits per heavy atom. The van der Waals surface area contributed by atoms with Crippen molar-refractivity contribution in [2.24, 2.45) is 5.92 Å². The molecular weight excluding hydrogens is 314 g/mol. The second kappa shape index (κ2) is 7.33. The van der Waals surface area contributed by atoms with Crippen LogP contribution < -0.4 is 9.47 Å². The Bertz CT molecular complexity index is 562. The predicted molar refractivity (Wildman–Crippen MR) is 83.8 cm³/mol. The molecule has 0 radical (unpaired) electrons. The molecule has 120 valence electrons. The summed E-state index contributed by atoms with van der Waals surface area (Å²) >= 11 is 5.88. The highest BCUT2D eigenvalue weighted by Crippen LogP contribution is 2.35. The van der Waals surface area contributed by atoms with E-state index in [0.717, 1.165) is 0 Å². The van der Waals surface area contributed by atoms with Crippen molar-refractivity contribution >= 4 is 21.6 Å². The largest absolute Gasteiger partial charge is 0.493 e. The van der Waals surface area contributed by atoms with E-state index in [9.17, 15) is 8.42 Å². The van der Waals surface area contributed by atoms with Crippen molar-refractivity contribution in [3.8, 4) is 11.5 Å². The number of alkyl halides is 1. The van der Waals surface area contributed by atoms with Gasteiger partial charge in [-0.1, -0.05) is 13.8 Å². The van der Waals surface area contributed by atoms with E-state index in [0.29, 0.717) is 23.6 Å². The van der Waals surface area contributed by atoms with Gasteiger partial charge in [-0.2, -0.15) is 0 Å². The molecule has 0 saturated carbocycles. The van der Waals surface area contributed by atoms with Crippen LogP contribution >= 0.6 is 11.6 Å². The quantitative estimate of drug-likeness (QED) is 0.719. The minimum atomic E-state index is -3.59. The van der Waals surface area contributed by atoms with Crippen LogP contribution in [0.5, 0.6) is 11.5 Å². The van der Waals surface area contributed by atoms with Gasteiger partial charge in [-0.15, -0.1) is 11.6 Å². The van der Waals surface area contributed by atoms with E-state index in [4.69, 9.17) is 21.1 Å². The second-order valence-corrected chi connectivity index (χ2v) is 7.44. The zero-order valence-corrected chi connectivity index (χ0v) is 14.6. The van der Waals surface area contributed by atoms with Gasteiger partial charge in [0, 0.05) is 25.2 Å². The Labute approximate surface area is 131 Å². The van der Waals surface area contributed by atoms with Gasteiger partial charge in [-0.05, 0) is 12.0 Å². The van der Waals surface area contributed by atoms with Crippen molar-refractivity contribution in [3.05, 3.63) is 17.7 Å². The molecule has 0 saturated heterocycles. The third kappa shape index (κ3) is 4.02. The number of rotatable bonds is 7. The standard InChI is InChI=1S/C14H22ClNO4S/c1-10(2)9-16(3)21(17,18)12-6-11(8-15)14(20-5)13(7-12)19-4/h6-7,10H,8-9H2,1-5H3. The fraction of sp³-hybridized carbons (Fsp3) is 0.571. The lowest BCUT2D eigenvalue weighted by Crippen LogP contribution is -2.30. The Hall–Kier alpha value is -0.980. The van der Waals surface area contributed by atoms with E-state index in [-0.39, 0.29) is 16.7 Å². The van der Waals surface area contributed by atoms with Crippen LogP contribution in [0, 0.1) is 5.92 Å². The molecule has 1 aromatic carbocycles. The van der Waals surface area contributed by atoms with Gasteiger partial charge in [-0.3, -0.25) is 0 Å². The lowest BCUT2D eigenvalue weighted by molar-refractivity contribution is 0.351. The van der Waals surface area contributed by atoms with Gasteiger partial charge in [0.25, 0.3) is 0 Å². The Balaban J connectivity index is 3.36. The maximum absolute atomic E-state index is 12.6. The fourth-order valence-electron chi connectivity index (χ4n) is 2.06. The summed E-state index contributed by atoms with van der Waals surface area (Å²) in [6.45, 7) is 4.36. The van der Waals surface area contributed by atoms with Gasteiger partial charge >= 0.3 is 0 Å². The first-order valence-corrected chi connectivity index (χ1v) is 8.52. The van der Waals surface area contributed by atoms with Crippen LogP contribution in [-0.4, -0.2) is 40.5 Å². The molecular formula is C14H22ClNO4S. The van der Waals surface area contributed by atoms with Gasteiger partial charge in [-0.25, -0.2) is 12.7 Å². The number of hydrogen-bond donors (Lipinski definition) is 0. The van der Waals surface area contributed by atoms with Crippen molar-refractivity contribution in [3.63, 3.8) is 0 Å². The Kier molecular flexibility index (Phi) is 6.31. The van der Waals surface area contributed by atoms with Crippen molar-refractivity contribution < 1.29 is 17.9 Å². The van der Waals surface area contributed by atoms with Gasteiger partial charge in [0.1, 0.15) is 0 Å². The van der Waals surface area contributed by atoms with E-state index in [1.54, 1.807) is 7.05 Å². The first-order chi connectivity index (χ1) is 9.77. The molecule has 1 aromatic rings. The average Bonchev–Trinajstić information content (AvgIpc) is 2.44. The van der Waals surface area contributed by atoms with Crippen molar-refractivity contribution in [2.45, 2.75) is 24.6 Å². The van der Waals surface area contributed by atoms with Gasteiger partial charge in [0.05, 0.1) is 25.0 Å². The first kappa shape index (κ1) is 18.1. The number of nitrogens with zero attached hydrogens (tertiary/aromatic N) is 1. The average molecular weight is 336 g/mol. The molecule has 0 unspecified atom stereocenters. The zero-order valence-electron chi connectivity index (χ0n) is 13.0. The lowest BCUT2D eigenvalue weighted by Gasteiger charge is -2.21. The molecule has 21 heavy (non-hydrogen) atoms. The number of benzene rings is 1. The molecule has 0 spiro atoms. The molecule has 5 nitrogen and oxygen atoms in total. The van der Waals surface area contributed by atoms with Crippen LogP contribution in [0.15, 0.2) is 17.0 Å². The molecule has 0 aromatic heterocycles. The maximum atomic E-state index is 12.6. The van der Waals surface area contributed by atoms with E-state index < -0.39 is 10.0 Å². The third-order valence-corrected chi connectivity index (χ3v) is 5.09. The minimum Gasteiger partial charge on any atom is -0.493 e. The number of sulfonamides is 1. The summed E-state index contributed by atoms with van der Waals surface area (Å²) in [6.07, 6.45) is 0. The minimum absolute atomic E-state index is 0.136. The molecule has 0 N–H and O–H groups in total. The monoisotopic (exact) mass is 335 g/mol. The van der Waals surface area contributed by atoms with Crippen LogP contribution in [0.2, 0.25) is 0 Å². The van der Waals surface area contributed by atoms with Gasteiger partial charge < -0.3 is 9.47 Å². The topological polar surface area (TPSA) is 55.8 Å². The fourth-order valence-corrected chi connectivity index (χ4v) is 3.66. The number of hydrogen-bond acceptors (Lipinski definition) is 4. The van der Waals surface area contributed by atoms with Crippen LogP contribution in [0.3, 0.4) is 0 Å². The number of ether oxygens (including phenoxy) is 2. The lowest BCUT2D eigenvalue weighted by atomic mass is 10.2. The molecule has 0 aliphatic carbocycles. The van der Waals surface area contributed by atoms with Crippen molar-refractivity contribution in [1.82, 2.24) is 4.31 Å². The molecule has 0 aliphatic rings. The SMILES string of the molecule is COc1cc(S(=O)(=O)N(C)CC(C)C)cc(CCl)c1OC. The van der Waals surface area contributed by atoms with E-state index in [1.165, 1.54) is 30.7 Å². The first-order valence-electron chi connectivity index (χ1n) is 6.55. The summed E-state index contributed by atoms with van der Waals surface area (Å²) < 4.78 is 37.0. The van der Waals surface area contributed by atoms with E-state index in [1.807, 2.05) is 13.8 Å². The van der Waals surface area contributed by atoms with Crippen molar-refractivity contribution in [1.29, 1.82) is 0 Å². The summed E-state index contributed by atoms with van der Waals surface area (Å²) in [7, 11) is 0.932. The molecule has 7 heteroatoms. The third-order valence-electron chi connectivity index (χ3n) is 3.00. The Morgan fingerprint density at radius 3 is 2.29 bits per heavy atom. The highest BCUT2D eigenvalue weighted by molar-refractivity contribution is 7.89. The molecule has 0 aliphatic heterocycles. The highest BCUT2D eigenvalue weighted by Gasteiger charge is 2.24. The van der Waals surface area contributed by atoms with Crippen LogP contribution in [-0.2, 0) is 15.9 Å². The number of halogens is 1. The predicted octanol–water partition coefficient (Wildman–Crippen LogP) is 2.72. The van der Waals surface area contributed by atoms with E-state index in [2.05, 4.69) is 0 Å². The molecule has 0 fully saturated rings. The van der Waals surface area contributed by atoms with Crippen LogP contribution in [0.4, 0.5) is 0 Å². The maximum Gasteiger partial charge on any atom is 0.242 e. The molecule has 0 heterocycles. The summed E-state index contributed by atoms with van der Waals surface area (Å²) in [4.78, 5) is 0.152. The summed E-state index contributed by atoms with van der Waals surface area (Å²) in [5.74, 6) is 1.18. The number of methoxy groups -OCH3 is 2. The van der Waals surface area contributed by atoms with Crippen LogP contribution in [0.1, 0.15) is 19.4 Å². The summed E-state index contributed by atoms with van der Waals surface area (Å²) in [5, 5.41) is 0. The van der Waals surface area contributed by atoms with Crippen LogP contribution in [0.25, 0.3) is 0 Å². The Morgan fingerprint density at radius 1 is 1.24 bits per heavy atom. The second-order valence-electron chi connectivity index (χ2n) is 5.13. The molecule has 1 rings (SSSR count). The smallest absolute Gasteiger partial charge is 0.242 e. The summed E-state index contributed by atoms with van der Waals surface area (Å²) in [6, 6.07) is 2.99. The zero-order chi connectivity index (χ0) is 16.2. The molecule has 0 amide bonds. The molecule has 0 atom stereocenters. The van der Waals surface area contributed by atoms with E-state index >= 15 is 0 Å². The summed E-state index contributed by atoms with van der Waals surface area (Å²) in [5.41, 5.74) is 0.579. The highest BCUT2D eigenvalue weighted by atomic mass is 35.5. The van der Waals surface area contributed by atoms with Crippen molar-refractivity contribution in [2.75, 3.05) is 27.8 Å². The van der Waals surface area contributed by atoms with Gasteiger partial charge in [0.2, 0.25) is 10.0 Å².